The number of hydrogen-bond acceptors (Lipinski definition) is 11. The average molecular weight is 342 g/mol. The van der Waals surface area contributed by atoms with Crippen LogP contribution >= 0.6 is 0 Å². The highest BCUT2D eigenvalue weighted by Gasteiger charge is 2.49. The largest absolute Gasteiger partial charge is 0.394 e. The fourth-order valence-corrected chi connectivity index (χ4v) is 2.49. The molecular formula is C12H22O11. The summed E-state index contributed by atoms with van der Waals surface area (Å²) in [7, 11) is 0. The van der Waals surface area contributed by atoms with E-state index in [9.17, 15) is 30.6 Å². The zero-order valence-electron chi connectivity index (χ0n) is 12.0. The normalized spacial score (nSPS) is 51.7. The minimum absolute atomic E-state index is 0.667. The van der Waals surface area contributed by atoms with E-state index in [4.69, 9.17) is 24.4 Å². The molecule has 2 heterocycles. The van der Waals surface area contributed by atoms with Gasteiger partial charge in [0, 0.05) is 0 Å². The van der Waals surface area contributed by atoms with Gasteiger partial charge in [-0.15, -0.1) is 0 Å². The van der Waals surface area contributed by atoms with Crippen molar-refractivity contribution in [3.63, 3.8) is 0 Å². The number of hydrogen-bond donors (Lipinski definition) is 8. The van der Waals surface area contributed by atoms with Crippen LogP contribution in [0.3, 0.4) is 0 Å². The maximum absolute atomic E-state index is 9.84. The van der Waals surface area contributed by atoms with Crippen LogP contribution in [-0.4, -0.2) is 115 Å². The van der Waals surface area contributed by atoms with Gasteiger partial charge in [0.15, 0.2) is 12.6 Å². The van der Waals surface area contributed by atoms with Crippen LogP contribution in [0.4, 0.5) is 0 Å². The average Bonchev–Trinajstić information content (AvgIpc) is 2.55. The summed E-state index contributed by atoms with van der Waals surface area (Å²) in [5.41, 5.74) is 0. The van der Waals surface area contributed by atoms with Gasteiger partial charge in [-0.05, 0) is 0 Å². The fraction of sp³-hybridized carbons (Fsp3) is 1.00. The van der Waals surface area contributed by atoms with Crippen LogP contribution in [0, 0.1) is 0 Å². The lowest BCUT2D eigenvalue weighted by Crippen LogP contribution is -2.63. The van der Waals surface area contributed by atoms with Crippen LogP contribution in [0.5, 0.6) is 0 Å². The van der Waals surface area contributed by atoms with E-state index in [1.54, 1.807) is 0 Å². The van der Waals surface area contributed by atoms with Crippen LogP contribution < -0.4 is 0 Å². The molecule has 0 amide bonds. The van der Waals surface area contributed by atoms with Gasteiger partial charge in [-0.25, -0.2) is 0 Å². The van der Waals surface area contributed by atoms with Crippen molar-refractivity contribution in [2.45, 2.75) is 61.4 Å². The number of aliphatic hydroxyl groups excluding tert-OH is 8. The highest BCUT2D eigenvalue weighted by atomic mass is 16.8. The lowest BCUT2D eigenvalue weighted by molar-refractivity contribution is -0.376. The Balaban J connectivity index is 2.07. The Hall–Kier alpha value is -0.440. The molecule has 0 aromatic heterocycles. The van der Waals surface area contributed by atoms with Crippen molar-refractivity contribution < 1.29 is 55.1 Å². The SMILES string of the molecule is OC[C@@H]1O[C@@H](O[C@H]2O[C@@H](CO)[C@@H](O)[C@H](O)[C@H]2O)[C@H](O)[C@@H](O)[C@@H]1O. The Labute approximate surface area is 130 Å². The second kappa shape index (κ2) is 7.63. The van der Waals surface area contributed by atoms with E-state index in [0.29, 0.717) is 0 Å². The highest BCUT2D eigenvalue weighted by molar-refractivity contribution is 4.92. The van der Waals surface area contributed by atoms with E-state index in [1.807, 2.05) is 0 Å². The van der Waals surface area contributed by atoms with Crippen LogP contribution in [0.25, 0.3) is 0 Å². The van der Waals surface area contributed by atoms with Crippen molar-refractivity contribution in [1.29, 1.82) is 0 Å². The fourth-order valence-electron chi connectivity index (χ4n) is 2.49. The van der Waals surface area contributed by atoms with Crippen molar-refractivity contribution in [1.82, 2.24) is 0 Å². The molecule has 136 valence electrons. The van der Waals surface area contributed by atoms with Gasteiger partial charge in [0.2, 0.25) is 0 Å². The van der Waals surface area contributed by atoms with Gasteiger partial charge < -0.3 is 55.1 Å². The zero-order valence-corrected chi connectivity index (χ0v) is 12.0. The van der Waals surface area contributed by atoms with E-state index < -0.39 is 74.6 Å². The third kappa shape index (κ3) is 3.65. The molecule has 11 heteroatoms. The molecule has 0 aromatic carbocycles. The molecule has 0 radical (unpaired) electrons. The molecule has 8 N–H and O–H groups in total. The summed E-state index contributed by atoms with van der Waals surface area (Å²) in [5, 5.41) is 76.4. The second-order valence-corrected chi connectivity index (χ2v) is 5.53. The van der Waals surface area contributed by atoms with E-state index in [0.717, 1.165) is 0 Å². The maximum atomic E-state index is 9.84. The Bertz CT molecular complexity index is 344. The first-order valence-corrected chi connectivity index (χ1v) is 7.08. The molecule has 2 fully saturated rings. The summed E-state index contributed by atoms with van der Waals surface area (Å²) < 4.78 is 15.3. The third-order valence-corrected chi connectivity index (χ3v) is 3.97. The molecule has 0 aromatic rings. The summed E-state index contributed by atoms with van der Waals surface area (Å²) in [6.45, 7) is -1.33. The third-order valence-electron chi connectivity index (χ3n) is 3.97. The Morgan fingerprint density at radius 2 is 0.913 bits per heavy atom. The van der Waals surface area contributed by atoms with Crippen LogP contribution in [0.15, 0.2) is 0 Å². The van der Waals surface area contributed by atoms with E-state index in [-0.39, 0.29) is 0 Å². The van der Waals surface area contributed by atoms with E-state index in [2.05, 4.69) is 0 Å². The summed E-state index contributed by atoms with van der Waals surface area (Å²) in [4.78, 5) is 0. The van der Waals surface area contributed by atoms with Gasteiger partial charge in [-0.3, -0.25) is 0 Å². The standard InChI is InChI=1S/C12H22O11/c13-1-3-5(15)7(17)9(19)11(21-3)23-12-10(20)8(18)6(16)4(2-14)22-12/h3-20H,1-2H2/t3-,4-,5+,6+,7-,8-,9+,10+,11-,12+/m0/s1. The van der Waals surface area contributed by atoms with Crippen molar-refractivity contribution in [2.75, 3.05) is 13.2 Å². The lowest BCUT2D eigenvalue weighted by atomic mass is 9.98. The Morgan fingerprint density at radius 3 is 1.22 bits per heavy atom. The molecule has 0 unspecified atom stereocenters. The van der Waals surface area contributed by atoms with Gasteiger partial charge in [-0.1, -0.05) is 0 Å². The summed E-state index contributed by atoms with van der Waals surface area (Å²) in [5.74, 6) is 0. The van der Waals surface area contributed by atoms with Crippen LogP contribution in [-0.2, 0) is 14.2 Å². The van der Waals surface area contributed by atoms with Crippen molar-refractivity contribution >= 4 is 0 Å². The zero-order chi connectivity index (χ0) is 17.3. The summed E-state index contributed by atoms with van der Waals surface area (Å²) >= 11 is 0. The van der Waals surface area contributed by atoms with Gasteiger partial charge in [0.1, 0.15) is 48.8 Å². The van der Waals surface area contributed by atoms with Gasteiger partial charge >= 0.3 is 0 Å². The minimum Gasteiger partial charge on any atom is -0.394 e. The monoisotopic (exact) mass is 342 g/mol. The Morgan fingerprint density at radius 1 is 0.565 bits per heavy atom. The molecular weight excluding hydrogens is 320 g/mol. The summed E-state index contributed by atoms with van der Waals surface area (Å²) in [6, 6.07) is 0. The quantitative estimate of drug-likeness (QED) is 0.243. The van der Waals surface area contributed by atoms with Gasteiger partial charge in [0.25, 0.3) is 0 Å². The molecule has 2 rings (SSSR count). The predicted octanol–water partition coefficient (Wildman–Crippen LogP) is -5.40. The molecule has 2 saturated heterocycles. The molecule has 0 spiro atoms. The van der Waals surface area contributed by atoms with Crippen molar-refractivity contribution in [3.05, 3.63) is 0 Å². The molecule has 2 aliphatic rings. The molecule has 0 saturated carbocycles. The molecule has 0 bridgehead atoms. The summed E-state index contributed by atoms with van der Waals surface area (Å²) in [6.07, 6.45) is -15.6. The number of rotatable bonds is 4. The molecule has 11 nitrogen and oxygen atoms in total. The molecule has 2 aliphatic heterocycles. The number of ether oxygens (including phenoxy) is 3. The molecule has 10 atom stereocenters. The van der Waals surface area contributed by atoms with Crippen molar-refractivity contribution in [2.24, 2.45) is 0 Å². The predicted molar refractivity (Wildman–Crippen MR) is 68.6 cm³/mol. The number of aliphatic hydroxyl groups is 8. The van der Waals surface area contributed by atoms with Gasteiger partial charge in [-0.2, -0.15) is 0 Å². The molecule has 0 aliphatic carbocycles. The second-order valence-electron chi connectivity index (χ2n) is 5.53. The highest BCUT2D eigenvalue weighted by Crippen LogP contribution is 2.27. The first-order chi connectivity index (χ1) is 10.8. The van der Waals surface area contributed by atoms with E-state index in [1.165, 1.54) is 0 Å². The topological polar surface area (TPSA) is 190 Å². The first-order valence-electron chi connectivity index (χ1n) is 7.08. The lowest BCUT2D eigenvalue weighted by Gasteiger charge is -2.44. The smallest absolute Gasteiger partial charge is 0.189 e. The van der Waals surface area contributed by atoms with Crippen LogP contribution in [0.1, 0.15) is 0 Å². The van der Waals surface area contributed by atoms with Crippen LogP contribution in [0.2, 0.25) is 0 Å². The first kappa shape index (κ1) is 18.9. The minimum atomic E-state index is -1.72. The van der Waals surface area contributed by atoms with Gasteiger partial charge in [0.05, 0.1) is 13.2 Å². The van der Waals surface area contributed by atoms with Crippen molar-refractivity contribution in [3.8, 4) is 0 Å². The van der Waals surface area contributed by atoms with E-state index >= 15 is 0 Å². The molecule has 23 heavy (non-hydrogen) atoms. The maximum Gasteiger partial charge on any atom is 0.189 e. The Kier molecular flexibility index (Phi) is 6.27.